The molecule has 1 heterocycles. The highest BCUT2D eigenvalue weighted by atomic mass is 35.5. The van der Waals surface area contributed by atoms with Crippen molar-refractivity contribution in [2.45, 2.75) is 46.3 Å². The number of carbonyl (C=O) groups excluding carboxylic acids is 2. The van der Waals surface area contributed by atoms with Crippen molar-refractivity contribution in [1.82, 2.24) is 10.3 Å². The third-order valence-corrected chi connectivity index (χ3v) is 4.01. The van der Waals surface area contributed by atoms with Gasteiger partial charge in [0.2, 0.25) is 0 Å². The Morgan fingerprint density at radius 1 is 1.23 bits per heavy atom. The van der Waals surface area contributed by atoms with Crippen LogP contribution in [0.3, 0.4) is 0 Å². The SMILES string of the molecule is Cc1c(Cl)c(COC(=O)CCNC(=O)OC(C)(C)C)nc2ccccc12. The first-order chi connectivity index (χ1) is 12.2. The number of rotatable bonds is 5. The number of pyridine rings is 1. The molecule has 0 aliphatic rings. The maximum Gasteiger partial charge on any atom is 0.407 e. The number of nitrogens with zero attached hydrogens (tertiary/aromatic N) is 1. The molecule has 0 aliphatic carbocycles. The molecule has 0 spiro atoms. The van der Waals surface area contributed by atoms with E-state index in [1.807, 2.05) is 31.2 Å². The summed E-state index contributed by atoms with van der Waals surface area (Å²) in [5, 5.41) is 3.97. The zero-order valence-corrected chi connectivity index (χ0v) is 16.1. The molecule has 26 heavy (non-hydrogen) atoms. The largest absolute Gasteiger partial charge is 0.459 e. The van der Waals surface area contributed by atoms with Crippen LogP contribution in [0.4, 0.5) is 4.79 Å². The van der Waals surface area contributed by atoms with Crippen molar-refractivity contribution in [1.29, 1.82) is 0 Å². The number of para-hydroxylation sites is 1. The van der Waals surface area contributed by atoms with Crippen LogP contribution >= 0.6 is 11.6 Å². The lowest BCUT2D eigenvalue weighted by molar-refractivity contribution is -0.144. The fraction of sp³-hybridized carbons (Fsp3) is 0.421. The van der Waals surface area contributed by atoms with Gasteiger partial charge in [-0.25, -0.2) is 9.78 Å². The van der Waals surface area contributed by atoms with Gasteiger partial charge in [-0.2, -0.15) is 0 Å². The van der Waals surface area contributed by atoms with Crippen LogP contribution in [0.5, 0.6) is 0 Å². The van der Waals surface area contributed by atoms with E-state index in [9.17, 15) is 9.59 Å². The lowest BCUT2D eigenvalue weighted by Gasteiger charge is -2.19. The zero-order valence-electron chi connectivity index (χ0n) is 15.4. The van der Waals surface area contributed by atoms with Crippen LogP contribution in [0.1, 0.15) is 38.4 Å². The second-order valence-corrected chi connectivity index (χ2v) is 7.23. The predicted octanol–water partition coefficient (Wildman–Crippen LogP) is 4.15. The first-order valence-corrected chi connectivity index (χ1v) is 8.71. The van der Waals surface area contributed by atoms with Crippen LogP contribution in [-0.2, 0) is 20.9 Å². The van der Waals surface area contributed by atoms with Crippen LogP contribution in [0, 0.1) is 6.92 Å². The number of alkyl carbamates (subject to hydrolysis) is 1. The molecule has 0 atom stereocenters. The Kier molecular flexibility index (Phi) is 6.42. The van der Waals surface area contributed by atoms with Crippen molar-refractivity contribution in [3.63, 3.8) is 0 Å². The van der Waals surface area contributed by atoms with Crippen molar-refractivity contribution in [3.8, 4) is 0 Å². The van der Waals surface area contributed by atoms with E-state index in [0.29, 0.717) is 10.7 Å². The Morgan fingerprint density at radius 2 is 1.92 bits per heavy atom. The molecule has 2 rings (SSSR count). The van der Waals surface area contributed by atoms with Crippen LogP contribution in [-0.4, -0.2) is 29.2 Å². The van der Waals surface area contributed by atoms with E-state index in [1.54, 1.807) is 20.8 Å². The number of hydrogen-bond donors (Lipinski definition) is 1. The number of esters is 1. The smallest absolute Gasteiger partial charge is 0.407 e. The summed E-state index contributed by atoms with van der Waals surface area (Å²) >= 11 is 6.34. The molecule has 0 aliphatic heterocycles. The van der Waals surface area contributed by atoms with Gasteiger partial charge in [0, 0.05) is 11.9 Å². The first kappa shape index (κ1) is 20.0. The molecular weight excluding hydrogens is 356 g/mol. The number of ether oxygens (including phenoxy) is 2. The molecule has 1 N–H and O–H groups in total. The van der Waals surface area contributed by atoms with Crippen molar-refractivity contribution in [3.05, 3.63) is 40.5 Å². The molecular formula is C19H23ClN2O4. The van der Waals surface area contributed by atoms with Gasteiger partial charge in [-0.15, -0.1) is 0 Å². The molecule has 1 amide bonds. The average molecular weight is 379 g/mol. The van der Waals surface area contributed by atoms with Gasteiger partial charge in [0.1, 0.15) is 12.2 Å². The lowest BCUT2D eigenvalue weighted by Crippen LogP contribution is -2.33. The predicted molar refractivity (Wildman–Crippen MR) is 100 cm³/mol. The molecule has 0 fully saturated rings. The Hall–Kier alpha value is -2.34. The summed E-state index contributed by atoms with van der Waals surface area (Å²) in [5.74, 6) is -0.454. The van der Waals surface area contributed by atoms with Crippen LogP contribution in [0.2, 0.25) is 5.02 Å². The highest BCUT2D eigenvalue weighted by Crippen LogP contribution is 2.27. The zero-order chi connectivity index (χ0) is 19.3. The van der Waals surface area contributed by atoms with E-state index < -0.39 is 17.7 Å². The first-order valence-electron chi connectivity index (χ1n) is 8.33. The summed E-state index contributed by atoms with van der Waals surface area (Å²) < 4.78 is 10.3. The van der Waals surface area contributed by atoms with Crippen molar-refractivity contribution >= 4 is 34.6 Å². The van der Waals surface area contributed by atoms with Crippen LogP contribution in [0.15, 0.2) is 24.3 Å². The quantitative estimate of drug-likeness (QED) is 0.790. The molecule has 0 saturated carbocycles. The second kappa shape index (κ2) is 8.36. The minimum atomic E-state index is -0.582. The van der Waals surface area contributed by atoms with Crippen LogP contribution in [0.25, 0.3) is 10.9 Å². The highest BCUT2D eigenvalue weighted by Gasteiger charge is 2.16. The van der Waals surface area contributed by atoms with Gasteiger partial charge in [0.05, 0.1) is 22.7 Å². The number of carbonyl (C=O) groups is 2. The summed E-state index contributed by atoms with van der Waals surface area (Å²) in [5.41, 5.74) is 1.62. The van der Waals surface area contributed by atoms with E-state index in [-0.39, 0.29) is 19.6 Å². The minimum Gasteiger partial charge on any atom is -0.459 e. The average Bonchev–Trinajstić information content (AvgIpc) is 2.55. The van der Waals surface area contributed by atoms with Gasteiger partial charge < -0.3 is 14.8 Å². The number of aromatic nitrogens is 1. The Morgan fingerprint density at radius 3 is 2.62 bits per heavy atom. The van der Waals surface area contributed by atoms with Crippen molar-refractivity contribution in [2.75, 3.05) is 6.54 Å². The number of halogens is 1. The van der Waals surface area contributed by atoms with Crippen LogP contribution < -0.4 is 5.32 Å². The van der Waals surface area contributed by atoms with Gasteiger partial charge in [-0.1, -0.05) is 29.8 Å². The third kappa shape index (κ3) is 5.59. The van der Waals surface area contributed by atoms with Gasteiger partial charge in [-0.3, -0.25) is 4.79 Å². The molecule has 7 heteroatoms. The molecule has 1 aromatic heterocycles. The number of nitrogens with one attached hydrogen (secondary N) is 1. The third-order valence-electron chi connectivity index (χ3n) is 3.51. The Balaban J connectivity index is 1.87. The lowest BCUT2D eigenvalue weighted by atomic mass is 10.1. The second-order valence-electron chi connectivity index (χ2n) is 6.85. The minimum absolute atomic E-state index is 0.0181. The van der Waals surface area contributed by atoms with Crippen molar-refractivity contribution in [2.24, 2.45) is 0 Å². The monoisotopic (exact) mass is 378 g/mol. The maximum absolute atomic E-state index is 11.9. The van der Waals surface area contributed by atoms with E-state index in [1.165, 1.54) is 0 Å². The van der Waals surface area contributed by atoms with E-state index in [4.69, 9.17) is 21.1 Å². The maximum atomic E-state index is 11.9. The number of amides is 1. The fourth-order valence-electron chi connectivity index (χ4n) is 2.31. The van der Waals surface area contributed by atoms with Crippen molar-refractivity contribution < 1.29 is 19.1 Å². The van der Waals surface area contributed by atoms with E-state index >= 15 is 0 Å². The van der Waals surface area contributed by atoms with Gasteiger partial charge >= 0.3 is 12.1 Å². The summed E-state index contributed by atoms with van der Waals surface area (Å²) in [6, 6.07) is 7.64. The summed E-state index contributed by atoms with van der Waals surface area (Å²) in [4.78, 5) is 27.8. The van der Waals surface area contributed by atoms with E-state index in [2.05, 4.69) is 10.3 Å². The molecule has 1 aromatic carbocycles. The molecule has 0 saturated heterocycles. The van der Waals surface area contributed by atoms with E-state index in [0.717, 1.165) is 16.5 Å². The molecule has 6 nitrogen and oxygen atoms in total. The Labute approximate surface area is 157 Å². The summed E-state index contributed by atoms with van der Waals surface area (Å²) in [6.07, 6.45) is -0.538. The topological polar surface area (TPSA) is 77.5 Å². The number of benzene rings is 1. The summed E-state index contributed by atoms with van der Waals surface area (Å²) in [6.45, 7) is 7.32. The summed E-state index contributed by atoms with van der Waals surface area (Å²) in [7, 11) is 0. The molecule has 0 radical (unpaired) electrons. The number of aryl methyl sites for hydroxylation is 1. The number of hydrogen-bond acceptors (Lipinski definition) is 5. The standard InChI is InChI=1S/C19H23ClN2O4/c1-12-13-7-5-6-8-14(13)22-15(17(12)20)11-25-16(23)9-10-21-18(24)26-19(2,3)4/h5-8H,9-11H2,1-4H3,(H,21,24). The molecule has 140 valence electrons. The molecule has 2 aromatic rings. The van der Waals surface area contributed by atoms with Gasteiger partial charge in [0.25, 0.3) is 0 Å². The molecule has 0 bridgehead atoms. The Bertz CT molecular complexity index is 815. The highest BCUT2D eigenvalue weighted by molar-refractivity contribution is 6.32. The molecule has 0 unspecified atom stereocenters. The normalized spacial score (nSPS) is 11.3. The van der Waals surface area contributed by atoms with Gasteiger partial charge in [0.15, 0.2) is 0 Å². The fourth-order valence-corrected chi connectivity index (χ4v) is 2.51. The number of fused-ring (bicyclic) bond motifs is 1. The van der Waals surface area contributed by atoms with Gasteiger partial charge in [-0.05, 0) is 39.3 Å².